The standard InChI is InChI=1S/C14H22O2/c1-5-16-14(15)7-6-13-11(3)8-10(2)9-12(13)4/h10-13H,5,8-9H2,1-4H3. The third-order valence-electron chi connectivity index (χ3n) is 3.39. The first-order valence-corrected chi connectivity index (χ1v) is 6.22. The van der Waals surface area contributed by atoms with Crippen LogP contribution < -0.4 is 0 Å². The van der Waals surface area contributed by atoms with Gasteiger partial charge in [0.05, 0.1) is 6.61 Å². The number of ether oxygens (including phenoxy) is 1. The van der Waals surface area contributed by atoms with Crippen molar-refractivity contribution in [3.8, 4) is 11.8 Å². The van der Waals surface area contributed by atoms with Gasteiger partial charge in [-0.25, -0.2) is 4.79 Å². The van der Waals surface area contributed by atoms with Gasteiger partial charge < -0.3 is 4.74 Å². The summed E-state index contributed by atoms with van der Waals surface area (Å²) in [6.45, 7) is 8.96. The lowest BCUT2D eigenvalue weighted by atomic mass is 9.70. The van der Waals surface area contributed by atoms with E-state index in [4.69, 9.17) is 4.74 Å². The van der Waals surface area contributed by atoms with Crippen LogP contribution in [-0.4, -0.2) is 12.6 Å². The second-order valence-corrected chi connectivity index (χ2v) is 5.05. The molecule has 0 bridgehead atoms. The van der Waals surface area contributed by atoms with Gasteiger partial charge in [0.15, 0.2) is 0 Å². The van der Waals surface area contributed by atoms with Crippen molar-refractivity contribution >= 4 is 5.97 Å². The number of rotatable bonds is 1. The van der Waals surface area contributed by atoms with Crippen molar-refractivity contribution in [1.29, 1.82) is 0 Å². The van der Waals surface area contributed by atoms with Crippen molar-refractivity contribution in [3.05, 3.63) is 0 Å². The predicted octanol–water partition coefficient (Wildman–Crippen LogP) is 2.87. The second kappa shape index (κ2) is 5.94. The predicted molar refractivity (Wildman–Crippen MR) is 64.6 cm³/mol. The Morgan fingerprint density at radius 2 is 1.81 bits per heavy atom. The fraction of sp³-hybridized carbons (Fsp3) is 0.786. The maximum Gasteiger partial charge on any atom is 0.384 e. The van der Waals surface area contributed by atoms with E-state index in [9.17, 15) is 4.79 Å². The average Bonchev–Trinajstić information content (AvgIpc) is 2.16. The zero-order valence-corrected chi connectivity index (χ0v) is 10.7. The molecule has 2 atom stereocenters. The number of hydrogen-bond acceptors (Lipinski definition) is 2. The lowest BCUT2D eigenvalue weighted by molar-refractivity contribution is -0.136. The van der Waals surface area contributed by atoms with Gasteiger partial charge in [-0.1, -0.05) is 26.7 Å². The van der Waals surface area contributed by atoms with E-state index in [0.29, 0.717) is 24.4 Å². The van der Waals surface area contributed by atoms with Crippen LogP contribution in [0.3, 0.4) is 0 Å². The van der Waals surface area contributed by atoms with Gasteiger partial charge in [-0.15, -0.1) is 0 Å². The first-order chi connectivity index (χ1) is 7.54. The summed E-state index contributed by atoms with van der Waals surface area (Å²) < 4.78 is 4.81. The molecule has 1 saturated carbocycles. The van der Waals surface area contributed by atoms with Crippen molar-refractivity contribution in [2.75, 3.05) is 6.61 Å². The quantitative estimate of drug-likeness (QED) is 0.387. The fourth-order valence-corrected chi connectivity index (χ4v) is 2.81. The highest BCUT2D eigenvalue weighted by Gasteiger charge is 2.29. The van der Waals surface area contributed by atoms with Crippen LogP contribution in [0.4, 0.5) is 0 Å². The molecule has 0 radical (unpaired) electrons. The van der Waals surface area contributed by atoms with Gasteiger partial charge in [-0.05, 0) is 37.5 Å². The van der Waals surface area contributed by atoms with E-state index < -0.39 is 0 Å². The molecule has 0 amide bonds. The SMILES string of the molecule is CCOC(=O)C#CC1C(C)CC(C)CC1C. The molecule has 1 fully saturated rings. The topological polar surface area (TPSA) is 26.3 Å². The fourth-order valence-electron chi connectivity index (χ4n) is 2.81. The molecular weight excluding hydrogens is 200 g/mol. The Labute approximate surface area is 98.8 Å². The van der Waals surface area contributed by atoms with Gasteiger partial charge in [0.25, 0.3) is 0 Å². The lowest BCUT2D eigenvalue weighted by Crippen LogP contribution is -2.27. The Morgan fingerprint density at radius 3 is 2.31 bits per heavy atom. The van der Waals surface area contributed by atoms with Gasteiger partial charge in [-0.2, -0.15) is 0 Å². The molecule has 2 unspecified atom stereocenters. The number of esters is 1. The van der Waals surface area contributed by atoms with Gasteiger partial charge in [0.2, 0.25) is 0 Å². The molecule has 16 heavy (non-hydrogen) atoms. The Kier molecular flexibility index (Phi) is 4.86. The summed E-state index contributed by atoms with van der Waals surface area (Å²) in [5.74, 6) is 7.63. The van der Waals surface area contributed by atoms with Crippen LogP contribution >= 0.6 is 0 Å². The number of carbonyl (C=O) groups is 1. The molecule has 0 spiro atoms. The maximum absolute atomic E-state index is 11.2. The highest BCUT2D eigenvalue weighted by molar-refractivity contribution is 5.88. The van der Waals surface area contributed by atoms with Crippen molar-refractivity contribution < 1.29 is 9.53 Å². The Bertz CT molecular complexity index is 286. The average molecular weight is 222 g/mol. The van der Waals surface area contributed by atoms with Crippen molar-refractivity contribution in [2.45, 2.75) is 40.5 Å². The molecule has 0 aromatic heterocycles. The van der Waals surface area contributed by atoms with Crippen LogP contribution in [0.2, 0.25) is 0 Å². The minimum absolute atomic E-state index is 0.348. The maximum atomic E-state index is 11.2. The third-order valence-corrected chi connectivity index (χ3v) is 3.39. The first kappa shape index (κ1) is 13.1. The first-order valence-electron chi connectivity index (χ1n) is 6.22. The second-order valence-electron chi connectivity index (χ2n) is 5.05. The third kappa shape index (κ3) is 3.56. The van der Waals surface area contributed by atoms with Crippen molar-refractivity contribution in [3.63, 3.8) is 0 Å². The number of carbonyl (C=O) groups excluding carboxylic acids is 1. The highest BCUT2D eigenvalue weighted by atomic mass is 16.5. The lowest BCUT2D eigenvalue weighted by Gasteiger charge is -2.34. The van der Waals surface area contributed by atoms with E-state index in [-0.39, 0.29) is 5.97 Å². The van der Waals surface area contributed by atoms with E-state index in [2.05, 4.69) is 32.6 Å². The molecule has 0 N–H and O–H groups in total. The largest absolute Gasteiger partial charge is 0.456 e. The van der Waals surface area contributed by atoms with Crippen LogP contribution in [0.5, 0.6) is 0 Å². The van der Waals surface area contributed by atoms with Crippen LogP contribution in [0.1, 0.15) is 40.5 Å². The van der Waals surface area contributed by atoms with E-state index in [0.717, 1.165) is 5.92 Å². The summed E-state index contributed by atoms with van der Waals surface area (Å²) in [5.41, 5.74) is 0. The molecule has 0 heterocycles. The van der Waals surface area contributed by atoms with E-state index in [1.54, 1.807) is 6.92 Å². The van der Waals surface area contributed by atoms with Gasteiger partial charge >= 0.3 is 5.97 Å². The molecular formula is C14H22O2. The van der Waals surface area contributed by atoms with Gasteiger partial charge in [0.1, 0.15) is 0 Å². The summed E-state index contributed by atoms with van der Waals surface area (Å²) in [6.07, 6.45) is 2.43. The van der Waals surface area contributed by atoms with Gasteiger partial charge in [0, 0.05) is 11.8 Å². The van der Waals surface area contributed by atoms with E-state index >= 15 is 0 Å². The smallest absolute Gasteiger partial charge is 0.384 e. The minimum atomic E-state index is -0.388. The zero-order chi connectivity index (χ0) is 12.1. The van der Waals surface area contributed by atoms with Crippen molar-refractivity contribution in [1.82, 2.24) is 0 Å². The summed E-state index contributed by atoms with van der Waals surface area (Å²) in [4.78, 5) is 11.2. The summed E-state index contributed by atoms with van der Waals surface area (Å²) >= 11 is 0. The van der Waals surface area contributed by atoms with Crippen LogP contribution in [0, 0.1) is 35.5 Å². The van der Waals surface area contributed by atoms with Crippen LogP contribution in [0.15, 0.2) is 0 Å². The Balaban J connectivity index is 2.61. The Hall–Kier alpha value is -0.970. The highest BCUT2D eigenvalue weighted by Crippen LogP contribution is 2.37. The van der Waals surface area contributed by atoms with Crippen LogP contribution in [0.25, 0.3) is 0 Å². The Morgan fingerprint density at radius 1 is 1.25 bits per heavy atom. The molecule has 90 valence electrons. The molecule has 1 aliphatic carbocycles. The van der Waals surface area contributed by atoms with Crippen LogP contribution in [-0.2, 0) is 9.53 Å². The number of hydrogen-bond donors (Lipinski definition) is 0. The molecule has 1 aliphatic rings. The zero-order valence-electron chi connectivity index (χ0n) is 10.7. The molecule has 2 heteroatoms. The molecule has 2 nitrogen and oxygen atoms in total. The molecule has 0 saturated heterocycles. The molecule has 0 aromatic rings. The van der Waals surface area contributed by atoms with E-state index in [1.165, 1.54) is 12.8 Å². The van der Waals surface area contributed by atoms with E-state index in [1.807, 2.05) is 0 Å². The molecule has 0 aromatic carbocycles. The normalized spacial score (nSPS) is 33.8. The minimum Gasteiger partial charge on any atom is -0.456 e. The summed E-state index contributed by atoms with van der Waals surface area (Å²) in [6, 6.07) is 0. The molecule has 1 rings (SSSR count). The summed E-state index contributed by atoms with van der Waals surface area (Å²) in [5, 5.41) is 0. The van der Waals surface area contributed by atoms with Gasteiger partial charge in [-0.3, -0.25) is 0 Å². The van der Waals surface area contributed by atoms with Crippen molar-refractivity contribution in [2.24, 2.45) is 23.7 Å². The summed E-state index contributed by atoms with van der Waals surface area (Å²) in [7, 11) is 0. The monoisotopic (exact) mass is 222 g/mol. The molecule has 0 aliphatic heterocycles.